The fourth-order valence-electron chi connectivity index (χ4n) is 1.87. The molecule has 0 spiro atoms. The van der Waals surface area contributed by atoms with E-state index in [0.29, 0.717) is 6.42 Å². The van der Waals surface area contributed by atoms with E-state index < -0.39 is 6.04 Å². The van der Waals surface area contributed by atoms with Gasteiger partial charge in [0.15, 0.2) is 0 Å². The van der Waals surface area contributed by atoms with Crippen molar-refractivity contribution in [1.29, 1.82) is 0 Å². The molecule has 0 radical (unpaired) electrons. The van der Waals surface area contributed by atoms with Crippen LogP contribution in [0.25, 0.3) is 0 Å². The zero-order chi connectivity index (χ0) is 11.4. The second kappa shape index (κ2) is 5.14. The third-order valence-electron chi connectivity index (χ3n) is 3.02. The molecule has 1 saturated carbocycles. The topological polar surface area (TPSA) is 46.6 Å². The van der Waals surface area contributed by atoms with Crippen molar-refractivity contribution in [2.24, 2.45) is 0 Å². The van der Waals surface area contributed by atoms with E-state index in [9.17, 15) is 9.59 Å². The van der Waals surface area contributed by atoms with Crippen LogP contribution in [0, 0.1) is 0 Å². The Labute approximate surface area is 90.6 Å². The van der Waals surface area contributed by atoms with Gasteiger partial charge >= 0.3 is 5.97 Å². The molecule has 86 valence electrons. The predicted octanol–water partition coefficient (Wildman–Crippen LogP) is 1.34. The first-order valence-electron chi connectivity index (χ1n) is 5.50. The van der Waals surface area contributed by atoms with Crippen molar-refractivity contribution in [2.75, 3.05) is 7.11 Å². The first-order chi connectivity index (χ1) is 7.11. The summed E-state index contributed by atoms with van der Waals surface area (Å²) in [5.41, 5.74) is 0. The van der Waals surface area contributed by atoms with Crippen molar-refractivity contribution in [3.63, 3.8) is 0 Å². The van der Waals surface area contributed by atoms with E-state index in [0.717, 1.165) is 19.3 Å². The second-order valence-electron chi connectivity index (χ2n) is 3.94. The molecular formula is C11H19NO3. The van der Waals surface area contributed by atoms with Crippen molar-refractivity contribution in [3.05, 3.63) is 0 Å². The summed E-state index contributed by atoms with van der Waals surface area (Å²) < 4.78 is 4.67. The molecule has 1 amide bonds. The Hall–Kier alpha value is -1.06. The molecule has 0 aromatic rings. The van der Waals surface area contributed by atoms with Gasteiger partial charge in [0.2, 0.25) is 5.91 Å². The van der Waals surface area contributed by atoms with Crippen molar-refractivity contribution < 1.29 is 14.3 Å². The highest BCUT2D eigenvalue weighted by molar-refractivity contribution is 5.84. The van der Waals surface area contributed by atoms with Crippen LogP contribution in [0.5, 0.6) is 0 Å². The summed E-state index contributed by atoms with van der Waals surface area (Å²) in [5.74, 6) is -0.290. The molecular weight excluding hydrogens is 194 g/mol. The number of amides is 1. The van der Waals surface area contributed by atoms with Crippen molar-refractivity contribution in [3.8, 4) is 0 Å². The smallest absolute Gasteiger partial charge is 0.328 e. The third-order valence-corrected chi connectivity index (χ3v) is 3.02. The Kier molecular flexibility index (Phi) is 4.12. The van der Waals surface area contributed by atoms with Crippen LogP contribution >= 0.6 is 0 Å². The standard InChI is InChI=1S/C11H19NO3/c1-4-10(13)12(9-6-5-7-9)8(2)11(14)15-3/h8-9H,4-7H2,1-3H3/t8-/m0/s1. The third kappa shape index (κ3) is 2.49. The van der Waals surface area contributed by atoms with Crippen molar-refractivity contribution in [1.82, 2.24) is 4.90 Å². The number of carbonyl (C=O) groups is 2. The van der Waals surface area contributed by atoms with Crippen LogP contribution in [0.1, 0.15) is 39.5 Å². The van der Waals surface area contributed by atoms with Gasteiger partial charge < -0.3 is 9.64 Å². The lowest BCUT2D eigenvalue weighted by atomic mass is 9.90. The van der Waals surface area contributed by atoms with Gasteiger partial charge in [0, 0.05) is 12.5 Å². The van der Waals surface area contributed by atoms with Crippen molar-refractivity contribution in [2.45, 2.75) is 51.6 Å². The molecule has 0 aromatic heterocycles. The Morgan fingerprint density at radius 3 is 2.40 bits per heavy atom. The maximum absolute atomic E-state index is 11.7. The molecule has 0 saturated heterocycles. The highest BCUT2D eigenvalue weighted by Gasteiger charge is 2.34. The first kappa shape index (κ1) is 12.0. The normalized spacial score (nSPS) is 17.8. The average Bonchev–Trinajstić information content (AvgIpc) is 2.19. The molecule has 15 heavy (non-hydrogen) atoms. The van der Waals surface area contributed by atoms with Gasteiger partial charge in [0.1, 0.15) is 6.04 Å². The number of hydrogen-bond donors (Lipinski definition) is 0. The van der Waals surface area contributed by atoms with Crippen LogP contribution in [-0.4, -0.2) is 36.0 Å². The molecule has 0 aromatic carbocycles. The van der Waals surface area contributed by atoms with Crippen LogP contribution in [0.2, 0.25) is 0 Å². The molecule has 4 nitrogen and oxygen atoms in total. The van der Waals surface area contributed by atoms with Crippen molar-refractivity contribution >= 4 is 11.9 Å². The van der Waals surface area contributed by atoms with Crippen LogP contribution in [0.3, 0.4) is 0 Å². The molecule has 0 heterocycles. The molecule has 0 aliphatic heterocycles. The molecule has 1 aliphatic carbocycles. The van der Waals surface area contributed by atoms with Gasteiger partial charge in [-0.15, -0.1) is 0 Å². The Balaban J connectivity index is 2.70. The fourth-order valence-corrected chi connectivity index (χ4v) is 1.87. The van der Waals surface area contributed by atoms with E-state index in [1.807, 2.05) is 6.92 Å². The largest absolute Gasteiger partial charge is 0.467 e. The Morgan fingerprint density at radius 1 is 1.47 bits per heavy atom. The van der Waals surface area contributed by atoms with Crippen LogP contribution in [0.15, 0.2) is 0 Å². The minimum atomic E-state index is -0.451. The van der Waals surface area contributed by atoms with E-state index in [-0.39, 0.29) is 17.9 Å². The number of nitrogens with zero attached hydrogens (tertiary/aromatic N) is 1. The molecule has 4 heteroatoms. The Bertz CT molecular complexity index is 248. The lowest BCUT2D eigenvalue weighted by Gasteiger charge is -2.40. The first-order valence-corrected chi connectivity index (χ1v) is 5.50. The van der Waals surface area contributed by atoms with E-state index in [1.54, 1.807) is 11.8 Å². The van der Waals surface area contributed by atoms with Gasteiger partial charge in [-0.2, -0.15) is 0 Å². The number of carbonyl (C=O) groups excluding carboxylic acids is 2. The fraction of sp³-hybridized carbons (Fsp3) is 0.818. The van der Waals surface area contributed by atoms with Gasteiger partial charge in [-0.3, -0.25) is 4.79 Å². The minimum Gasteiger partial charge on any atom is -0.467 e. The summed E-state index contributed by atoms with van der Waals surface area (Å²) in [6.07, 6.45) is 3.60. The molecule has 0 N–H and O–H groups in total. The maximum Gasteiger partial charge on any atom is 0.328 e. The lowest BCUT2D eigenvalue weighted by Crippen LogP contribution is -2.52. The molecule has 1 fully saturated rings. The van der Waals surface area contributed by atoms with Crippen LogP contribution in [0.4, 0.5) is 0 Å². The molecule has 0 unspecified atom stereocenters. The zero-order valence-corrected chi connectivity index (χ0v) is 9.66. The van der Waals surface area contributed by atoms with Gasteiger partial charge in [0.05, 0.1) is 7.11 Å². The molecule has 1 aliphatic rings. The number of hydrogen-bond acceptors (Lipinski definition) is 3. The number of rotatable bonds is 4. The number of ether oxygens (including phenoxy) is 1. The summed E-state index contributed by atoms with van der Waals surface area (Å²) in [7, 11) is 1.36. The highest BCUT2D eigenvalue weighted by Crippen LogP contribution is 2.27. The van der Waals surface area contributed by atoms with E-state index in [2.05, 4.69) is 4.74 Å². The van der Waals surface area contributed by atoms with Crippen LogP contribution in [-0.2, 0) is 14.3 Å². The van der Waals surface area contributed by atoms with E-state index in [1.165, 1.54) is 7.11 Å². The van der Waals surface area contributed by atoms with Gasteiger partial charge in [0.25, 0.3) is 0 Å². The number of methoxy groups -OCH3 is 1. The van der Waals surface area contributed by atoms with E-state index >= 15 is 0 Å². The number of esters is 1. The quantitative estimate of drug-likeness (QED) is 0.662. The summed E-state index contributed by atoms with van der Waals surface area (Å²) >= 11 is 0. The SMILES string of the molecule is CCC(=O)N(C1CCC1)[C@@H](C)C(=O)OC. The van der Waals surface area contributed by atoms with E-state index in [4.69, 9.17) is 0 Å². The average molecular weight is 213 g/mol. The Morgan fingerprint density at radius 2 is 2.07 bits per heavy atom. The summed E-state index contributed by atoms with van der Waals surface area (Å²) in [4.78, 5) is 24.8. The predicted molar refractivity (Wildman–Crippen MR) is 56.3 cm³/mol. The summed E-state index contributed by atoms with van der Waals surface area (Å²) in [5, 5.41) is 0. The lowest BCUT2D eigenvalue weighted by molar-refractivity contribution is -0.155. The summed E-state index contributed by atoms with van der Waals surface area (Å²) in [6.45, 7) is 3.55. The minimum absolute atomic E-state index is 0.0394. The molecule has 1 rings (SSSR count). The van der Waals surface area contributed by atoms with Gasteiger partial charge in [-0.05, 0) is 26.2 Å². The molecule has 1 atom stereocenters. The monoisotopic (exact) mass is 213 g/mol. The van der Waals surface area contributed by atoms with Gasteiger partial charge in [-0.25, -0.2) is 4.79 Å². The van der Waals surface area contributed by atoms with Gasteiger partial charge in [-0.1, -0.05) is 6.92 Å². The highest BCUT2D eigenvalue weighted by atomic mass is 16.5. The van der Waals surface area contributed by atoms with Crippen LogP contribution < -0.4 is 0 Å². The zero-order valence-electron chi connectivity index (χ0n) is 9.66. The summed E-state index contributed by atoms with van der Waals surface area (Å²) in [6, 6.07) is -0.209. The molecule has 0 bridgehead atoms. The maximum atomic E-state index is 11.7. The second-order valence-corrected chi connectivity index (χ2v) is 3.94.